The second-order valence-electron chi connectivity index (χ2n) is 5.38. The number of amides is 1. The number of rotatable bonds is 5. The summed E-state index contributed by atoms with van der Waals surface area (Å²) in [4.78, 5) is 12.0. The normalized spacial score (nSPS) is 10.4. The standard InChI is InChI=1S/C18H17BrN4O/c1-23-18(16(19)12-20-23)14-8-5-9-15(11-14)21-22-17(24)10-13-6-3-2-4-7-13/h2-9,11-12,21H,10H2,1H3,(H,22,24). The highest BCUT2D eigenvalue weighted by Crippen LogP contribution is 2.28. The number of hydrogen-bond donors (Lipinski definition) is 2. The Kier molecular flexibility index (Phi) is 4.96. The summed E-state index contributed by atoms with van der Waals surface area (Å²) in [6.07, 6.45) is 2.10. The average Bonchev–Trinajstić information content (AvgIpc) is 2.93. The Bertz CT molecular complexity index is 826. The summed E-state index contributed by atoms with van der Waals surface area (Å²) in [7, 11) is 1.89. The number of aromatic nitrogens is 2. The average molecular weight is 385 g/mol. The number of carbonyl (C=O) groups is 1. The van der Waals surface area contributed by atoms with Gasteiger partial charge < -0.3 is 0 Å². The molecule has 3 rings (SSSR count). The summed E-state index contributed by atoms with van der Waals surface area (Å²) in [6, 6.07) is 17.4. The minimum atomic E-state index is -0.0895. The van der Waals surface area contributed by atoms with E-state index >= 15 is 0 Å². The van der Waals surface area contributed by atoms with Crippen molar-refractivity contribution >= 4 is 27.5 Å². The van der Waals surface area contributed by atoms with Crippen LogP contribution in [-0.4, -0.2) is 15.7 Å². The van der Waals surface area contributed by atoms with E-state index in [0.717, 1.165) is 27.0 Å². The fourth-order valence-electron chi connectivity index (χ4n) is 2.45. The van der Waals surface area contributed by atoms with Crippen LogP contribution < -0.4 is 10.9 Å². The first kappa shape index (κ1) is 16.3. The Morgan fingerprint density at radius 3 is 2.67 bits per heavy atom. The SMILES string of the molecule is Cn1ncc(Br)c1-c1cccc(NNC(=O)Cc2ccccc2)c1. The molecule has 0 fully saturated rings. The molecule has 0 bridgehead atoms. The van der Waals surface area contributed by atoms with Crippen LogP contribution in [0.5, 0.6) is 0 Å². The Balaban J connectivity index is 1.66. The fraction of sp³-hybridized carbons (Fsp3) is 0.111. The van der Waals surface area contributed by atoms with Crippen LogP contribution in [0.1, 0.15) is 5.56 Å². The van der Waals surface area contributed by atoms with Crippen molar-refractivity contribution in [2.24, 2.45) is 7.05 Å². The Morgan fingerprint density at radius 2 is 1.96 bits per heavy atom. The number of carbonyl (C=O) groups excluding carboxylic acids is 1. The van der Waals surface area contributed by atoms with Crippen LogP contribution in [0.4, 0.5) is 5.69 Å². The van der Waals surface area contributed by atoms with Crippen molar-refractivity contribution in [3.63, 3.8) is 0 Å². The molecule has 0 aliphatic heterocycles. The van der Waals surface area contributed by atoms with Crippen molar-refractivity contribution in [3.05, 3.63) is 70.8 Å². The predicted molar refractivity (Wildman–Crippen MR) is 98.3 cm³/mol. The highest BCUT2D eigenvalue weighted by atomic mass is 79.9. The van der Waals surface area contributed by atoms with Gasteiger partial charge in [-0.05, 0) is 33.6 Å². The van der Waals surface area contributed by atoms with Crippen LogP contribution in [0.2, 0.25) is 0 Å². The third kappa shape index (κ3) is 3.83. The predicted octanol–water partition coefficient (Wildman–Crippen LogP) is 3.54. The van der Waals surface area contributed by atoms with Crippen molar-refractivity contribution < 1.29 is 4.79 Å². The zero-order chi connectivity index (χ0) is 16.9. The molecular weight excluding hydrogens is 368 g/mol. The molecule has 0 saturated heterocycles. The zero-order valence-corrected chi connectivity index (χ0v) is 14.7. The van der Waals surface area contributed by atoms with Gasteiger partial charge >= 0.3 is 0 Å². The molecule has 24 heavy (non-hydrogen) atoms. The molecule has 0 radical (unpaired) electrons. The van der Waals surface area contributed by atoms with Gasteiger partial charge in [-0.25, -0.2) is 0 Å². The Morgan fingerprint density at radius 1 is 1.17 bits per heavy atom. The van der Waals surface area contributed by atoms with Gasteiger partial charge in [0, 0.05) is 12.6 Å². The molecule has 1 aromatic heterocycles. The first-order valence-electron chi connectivity index (χ1n) is 7.50. The second-order valence-corrected chi connectivity index (χ2v) is 6.24. The first-order chi connectivity index (χ1) is 11.6. The third-order valence-electron chi connectivity index (χ3n) is 3.58. The second kappa shape index (κ2) is 7.31. The molecule has 1 amide bonds. The minimum Gasteiger partial charge on any atom is -0.299 e. The van der Waals surface area contributed by atoms with Gasteiger partial charge in [-0.15, -0.1) is 0 Å². The van der Waals surface area contributed by atoms with E-state index in [1.807, 2.05) is 61.6 Å². The highest BCUT2D eigenvalue weighted by Gasteiger charge is 2.09. The van der Waals surface area contributed by atoms with Crippen LogP contribution in [0.25, 0.3) is 11.3 Å². The number of nitrogens with zero attached hydrogens (tertiary/aromatic N) is 2. The lowest BCUT2D eigenvalue weighted by atomic mass is 10.1. The van der Waals surface area contributed by atoms with E-state index in [1.165, 1.54) is 0 Å². The van der Waals surface area contributed by atoms with E-state index in [-0.39, 0.29) is 5.91 Å². The number of halogens is 1. The maximum absolute atomic E-state index is 12.0. The lowest BCUT2D eigenvalue weighted by Crippen LogP contribution is -2.30. The molecule has 0 spiro atoms. The topological polar surface area (TPSA) is 59.0 Å². The van der Waals surface area contributed by atoms with Crippen LogP contribution >= 0.6 is 15.9 Å². The summed E-state index contributed by atoms with van der Waals surface area (Å²) in [5.74, 6) is -0.0895. The van der Waals surface area contributed by atoms with E-state index in [4.69, 9.17) is 0 Å². The molecule has 2 aromatic carbocycles. The molecule has 0 aliphatic carbocycles. The van der Waals surface area contributed by atoms with Crippen LogP contribution in [0.3, 0.4) is 0 Å². The number of anilines is 1. The van der Waals surface area contributed by atoms with Gasteiger partial charge in [-0.3, -0.25) is 20.3 Å². The third-order valence-corrected chi connectivity index (χ3v) is 4.16. The van der Waals surface area contributed by atoms with E-state index < -0.39 is 0 Å². The van der Waals surface area contributed by atoms with Crippen molar-refractivity contribution in [1.82, 2.24) is 15.2 Å². The molecule has 2 N–H and O–H groups in total. The zero-order valence-electron chi connectivity index (χ0n) is 13.2. The molecule has 122 valence electrons. The molecule has 5 nitrogen and oxygen atoms in total. The van der Waals surface area contributed by atoms with E-state index in [2.05, 4.69) is 31.9 Å². The Hall–Kier alpha value is -2.60. The molecule has 0 aliphatic rings. The summed E-state index contributed by atoms with van der Waals surface area (Å²) >= 11 is 3.50. The lowest BCUT2D eigenvalue weighted by molar-refractivity contribution is -0.119. The number of aryl methyl sites for hydroxylation is 1. The van der Waals surface area contributed by atoms with E-state index in [9.17, 15) is 4.79 Å². The van der Waals surface area contributed by atoms with Crippen molar-refractivity contribution in [1.29, 1.82) is 0 Å². The van der Waals surface area contributed by atoms with Gasteiger partial charge in [-0.1, -0.05) is 42.5 Å². The number of benzene rings is 2. The van der Waals surface area contributed by atoms with Crippen molar-refractivity contribution in [2.75, 3.05) is 5.43 Å². The molecule has 0 unspecified atom stereocenters. The maximum atomic E-state index is 12.0. The maximum Gasteiger partial charge on any atom is 0.242 e. The lowest BCUT2D eigenvalue weighted by Gasteiger charge is -2.10. The van der Waals surface area contributed by atoms with Gasteiger partial charge in [0.05, 0.1) is 28.5 Å². The van der Waals surface area contributed by atoms with Gasteiger partial charge in [0.2, 0.25) is 5.91 Å². The molecule has 6 heteroatoms. The quantitative estimate of drug-likeness (QED) is 0.661. The van der Waals surface area contributed by atoms with Gasteiger partial charge in [0.1, 0.15) is 0 Å². The molecule has 3 aromatic rings. The first-order valence-corrected chi connectivity index (χ1v) is 8.29. The summed E-state index contributed by atoms with van der Waals surface area (Å²) < 4.78 is 2.73. The Labute approximate surface area is 148 Å². The highest BCUT2D eigenvalue weighted by molar-refractivity contribution is 9.10. The summed E-state index contributed by atoms with van der Waals surface area (Å²) in [5.41, 5.74) is 9.46. The molecule has 1 heterocycles. The number of nitrogens with one attached hydrogen (secondary N) is 2. The molecule has 0 saturated carbocycles. The minimum absolute atomic E-state index is 0.0895. The smallest absolute Gasteiger partial charge is 0.242 e. The summed E-state index contributed by atoms with van der Waals surface area (Å²) in [6.45, 7) is 0. The monoisotopic (exact) mass is 384 g/mol. The molecular formula is C18H17BrN4O. The molecule has 0 atom stereocenters. The van der Waals surface area contributed by atoms with Crippen LogP contribution in [0.15, 0.2) is 65.3 Å². The van der Waals surface area contributed by atoms with Crippen molar-refractivity contribution in [2.45, 2.75) is 6.42 Å². The van der Waals surface area contributed by atoms with E-state index in [0.29, 0.717) is 6.42 Å². The van der Waals surface area contributed by atoms with Crippen LogP contribution in [0, 0.1) is 0 Å². The van der Waals surface area contributed by atoms with E-state index in [1.54, 1.807) is 10.9 Å². The summed E-state index contributed by atoms with van der Waals surface area (Å²) in [5, 5.41) is 4.22. The number of hydrogen-bond acceptors (Lipinski definition) is 3. The largest absolute Gasteiger partial charge is 0.299 e. The van der Waals surface area contributed by atoms with Gasteiger partial charge in [0.15, 0.2) is 0 Å². The fourth-order valence-corrected chi connectivity index (χ4v) is 3.02. The van der Waals surface area contributed by atoms with Crippen LogP contribution in [-0.2, 0) is 18.3 Å². The van der Waals surface area contributed by atoms with Gasteiger partial charge in [0.25, 0.3) is 0 Å². The number of hydrazine groups is 1. The van der Waals surface area contributed by atoms with Gasteiger partial charge in [-0.2, -0.15) is 5.10 Å². The van der Waals surface area contributed by atoms with Crippen molar-refractivity contribution in [3.8, 4) is 11.3 Å².